The van der Waals surface area contributed by atoms with E-state index in [1.165, 1.54) is 12.1 Å². The number of pyridine rings is 1. The highest BCUT2D eigenvalue weighted by atomic mass is 16.3. The number of aliphatic hydroxyl groups is 1. The quantitative estimate of drug-likeness (QED) is 0.771. The Labute approximate surface area is 105 Å². The van der Waals surface area contributed by atoms with E-state index in [1.54, 1.807) is 24.4 Å². The van der Waals surface area contributed by atoms with E-state index in [4.69, 9.17) is 0 Å². The number of hydrogen-bond acceptors (Lipinski definition) is 4. The lowest BCUT2D eigenvalue weighted by atomic mass is 10.0. The van der Waals surface area contributed by atoms with Gasteiger partial charge in [0.25, 0.3) is 0 Å². The fraction of sp³-hybridized carbons (Fsp3) is 0.214. The van der Waals surface area contributed by atoms with E-state index in [0.29, 0.717) is 24.1 Å². The molecule has 0 aliphatic heterocycles. The van der Waals surface area contributed by atoms with Crippen LogP contribution in [0.25, 0.3) is 0 Å². The number of benzene rings is 1. The van der Waals surface area contributed by atoms with Crippen LogP contribution in [-0.4, -0.2) is 20.3 Å². The molecule has 18 heavy (non-hydrogen) atoms. The SMILES string of the molecule is Oc1cccc(O)c1CC[C@H](O)c1ccccn1. The first-order valence-electron chi connectivity index (χ1n) is 5.77. The Balaban J connectivity index is 2.04. The monoisotopic (exact) mass is 245 g/mol. The number of nitrogens with zero attached hydrogens (tertiary/aromatic N) is 1. The van der Waals surface area contributed by atoms with Gasteiger partial charge in [-0.15, -0.1) is 0 Å². The molecule has 94 valence electrons. The molecule has 1 atom stereocenters. The van der Waals surface area contributed by atoms with Crippen LogP contribution in [-0.2, 0) is 6.42 Å². The van der Waals surface area contributed by atoms with Crippen LogP contribution in [0, 0.1) is 0 Å². The van der Waals surface area contributed by atoms with Gasteiger partial charge in [0.05, 0.1) is 11.8 Å². The van der Waals surface area contributed by atoms with Gasteiger partial charge in [0.15, 0.2) is 0 Å². The lowest BCUT2D eigenvalue weighted by Gasteiger charge is -2.11. The van der Waals surface area contributed by atoms with E-state index >= 15 is 0 Å². The summed E-state index contributed by atoms with van der Waals surface area (Å²) in [5.74, 6) is 0.0893. The number of aromatic nitrogens is 1. The molecule has 0 aliphatic carbocycles. The number of phenols is 2. The summed E-state index contributed by atoms with van der Waals surface area (Å²) in [6, 6.07) is 9.94. The summed E-state index contributed by atoms with van der Waals surface area (Å²) in [6.07, 6.45) is 1.69. The third kappa shape index (κ3) is 2.78. The number of aromatic hydroxyl groups is 2. The third-order valence-electron chi connectivity index (χ3n) is 2.82. The summed E-state index contributed by atoms with van der Waals surface area (Å²) in [5, 5.41) is 29.2. The highest BCUT2D eigenvalue weighted by Crippen LogP contribution is 2.29. The van der Waals surface area contributed by atoms with Crippen molar-refractivity contribution in [3.8, 4) is 11.5 Å². The summed E-state index contributed by atoms with van der Waals surface area (Å²) >= 11 is 0. The number of phenolic OH excluding ortho intramolecular Hbond substituents is 2. The van der Waals surface area contributed by atoms with Gasteiger partial charge >= 0.3 is 0 Å². The van der Waals surface area contributed by atoms with Crippen LogP contribution in [0.5, 0.6) is 11.5 Å². The Bertz CT molecular complexity index is 493. The number of rotatable bonds is 4. The van der Waals surface area contributed by atoms with Gasteiger partial charge in [-0.1, -0.05) is 12.1 Å². The van der Waals surface area contributed by atoms with Crippen LogP contribution < -0.4 is 0 Å². The van der Waals surface area contributed by atoms with Gasteiger partial charge in [0, 0.05) is 11.8 Å². The van der Waals surface area contributed by atoms with E-state index in [9.17, 15) is 15.3 Å². The molecule has 0 unspecified atom stereocenters. The summed E-state index contributed by atoms with van der Waals surface area (Å²) < 4.78 is 0. The van der Waals surface area contributed by atoms with Crippen LogP contribution in [0.15, 0.2) is 42.6 Å². The lowest BCUT2D eigenvalue weighted by Crippen LogP contribution is -2.02. The molecule has 4 nitrogen and oxygen atoms in total. The molecule has 0 radical (unpaired) electrons. The first-order chi connectivity index (χ1) is 8.68. The Morgan fingerprint density at radius 1 is 1.00 bits per heavy atom. The zero-order valence-electron chi connectivity index (χ0n) is 9.82. The second-order valence-corrected chi connectivity index (χ2v) is 4.08. The maximum absolute atomic E-state index is 9.94. The van der Waals surface area contributed by atoms with E-state index < -0.39 is 6.10 Å². The van der Waals surface area contributed by atoms with E-state index in [-0.39, 0.29) is 11.5 Å². The molecule has 0 saturated heterocycles. The minimum Gasteiger partial charge on any atom is -0.508 e. The zero-order valence-corrected chi connectivity index (χ0v) is 9.82. The van der Waals surface area contributed by atoms with Crippen molar-refractivity contribution in [1.29, 1.82) is 0 Å². The van der Waals surface area contributed by atoms with E-state index in [0.717, 1.165) is 0 Å². The van der Waals surface area contributed by atoms with Crippen LogP contribution in [0.3, 0.4) is 0 Å². The number of aliphatic hydroxyl groups excluding tert-OH is 1. The molecule has 2 rings (SSSR count). The van der Waals surface area contributed by atoms with Gasteiger partial charge in [-0.2, -0.15) is 0 Å². The molecule has 0 bridgehead atoms. The van der Waals surface area contributed by atoms with Crippen molar-refractivity contribution in [2.45, 2.75) is 18.9 Å². The van der Waals surface area contributed by atoms with E-state index in [1.807, 2.05) is 6.07 Å². The molecule has 2 aromatic rings. The molecule has 0 aliphatic rings. The Morgan fingerprint density at radius 2 is 1.72 bits per heavy atom. The van der Waals surface area contributed by atoms with Crippen molar-refractivity contribution in [1.82, 2.24) is 4.98 Å². The molecule has 4 heteroatoms. The molecule has 0 spiro atoms. The summed E-state index contributed by atoms with van der Waals surface area (Å²) in [5.41, 5.74) is 1.04. The molecule has 1 aromatic carbocycles. The second-order valence-electron chi connectivity index (χ2n) is 4.08. The molecular weight excluding hydrogens is 230 g/mol. The van der Waals surface area contributed by atoms with Crippen LogP contribution in [0.1, 0.15) is 23.8 Å². The molecular formula is C14H15NO3. The summed E-state index contributed by atoms with van der Waals surface area (Å²) in [4.78, 5) is 4.06. The zero-order chi connectivity index (χ0) is 13.0. The topological polar surface area (TPSA) is 73.6 Å². The van der Waals surface area contributed by atoms with Crippen molar-refractivity contribution in [3.05, 3.63) is 53.9 Å². The summed E-state index contributed by atoms with van der Waals surface area (Å²) in [7, 11) is 0. The summed E-state index contributed by atoms with van der Waals surface area (Å²) in [6.45, 7) is 0. The molecule has 0 saturated carbocycles. The number of hydrogen-bond donors (Lipinski definition) is 3. The third-order valence-corrected chi connectivity index (χ3v) is 2.82. The first kappa shape index (κ1) is 12.4. The molecule has 0 fully saturated rings. The Morgan fingerprint density at radius 3 is 2.33 bits per heavy atom. The highest BCUT2D eigenvalue weighted by molar-refractivity contribution is 5.43. The fourth-order valence-electron chi connectivity index (χ4n) is 1.82. The van der Waals surface area contributed by atoms with Crippen LogP contribution >= 0.6 is 0 Å². The maximum Gasteiger partial charge on any atom is 0.122 e. The minimum absolute atomic E-state index is 0.0446. The maximum atomic E-state index is 9.94. The standard InChI is InChI=1S/C14H15NO3/c16-12-5-3-6-13(17)10(12)7-8-14(18)11-4-1-2-9-15-11/h1-6,9,14,16-18H,7-8H2/t14-/m0/s1. The molecule has 3 N–H and O–H groups in total. The van der Waals surface area contributed by atoms with Gasteiger partial charge in [-0.05, 0) is 37.1 Å². The lowest BCUT2D eigenvalue weighted by molar-refractivity contribution is 0.162. The molecule has 1 aromatic heterocycles. The smallest absolute Gasteiger partial charge is 0.122 e. The average molecular weight is 245 g/mol. The van der Waals surface area contributed by atoms with Crippen molar-refractivity contribution in [2.75, 3.05) is 0 Å². The van der Waals surface area contributed by atoms with Gasteiger partial charge in [0.1, 0.15) is 11.5 Å². The second kappa shape index (κ2) is 5.51. The first-order valence-corrected chi connectivity index (χ1v) is 5.77. The van der Waals surface area contributed by atoms with Gasteiger partial charge in [-0.3, -0.25) is 4.98 Å². The normalized spacial score (nSPS) is 12.3. The van der Waals surface area contributed by atoms with Gasteiger partial charge in [-0.25, -0.2) is 0 Å². The van der Waals surface area contributed by atoms with Crippen LogP contribution in [0.2, 0.25) is 0 Å². The van der Waals surface area contributed by atoms with Crippen molar-refractivity contribution < 1.29 is 15.3 Å². The van der Waals surface area contributed by atoms with Gasteiger partial charge in [0.2, 0.25) is 0 Å². The average Bonchev–Trinajstić information content (AvgIpc) is 2.39. The van der Waals surface area contributed by atoms with Crippen molar-refractivity contribution in [3.63, 3.8) is 0 Å². The largest absolute Gasteiger partial charge is 0.508 e. The Hall–Kier alpha value is -2.07. The van der Waals surface area contributed by atoms with Crippen LogP contribution in [0.4, 0.5) is 0 Å². The van der Waals surface area contributed by atoms with E-state index in [2.05, 4.69) is 4.98 Å². The molecule has 1 heterocycles. The predicted octanol–water partition coefficient (Wildman–Crippen LogP) is 2.16. The van der Waals surface area contributed by atoms with Crippen molar-refractivity contribution in [2.24, 2.45) is 0 Å². The Kier molecular flexibility index (Phi) is 3.79. The highest BCUT2D eigenvalue weighted by Gasteiger charge is 2.12. The van der Waals surface area contributed by atoms with Gasteiger partial charge < -0.3 is 15.3 Å². The minimum atomic E-state index is -0.704. The molecule has 0 amide bonds. The predicted molar refractivity (Wildman–Crippen MR) is 67.3 cm³/mol. The van der Waals surface area contributed by atoms with Crippen molar-refractivity contribution >= 4 is 0 Å². The fourth-order valence-corrected chi connectivity index (χ4v) is 1.82.